The van der Waals surface area contributed by atoms with Gasteiger partial charge in [0.15, 0.2) is 0 Å². The molecule has 0 saturated heterocycles. The second-order valence-corrected chi connectivity index (χ2v) is 5.10. The summed E-state index contributed by atoms with van der Waals surface area (Å²) >= 11 is 0. The predicted molar refractivity (Wildman–Crippen MR) is 75.2 cm³/mol. The number of alkyl halides is 3. The van der Waals surface area contributed by atoms with Gasteiger partial charge in [-0.05, 0) is 19.4 Å². The fraction of sp³-hybridized carbons (Fsp3) is 0.357. The monoisotopic (exact) mass is 328 g/mol. The average molecular weight is 328 g/mol. The second-order valence-electron chi connectivity index (χ2n) is 5.10. The number of amides is 2. The van der Waals surface area contributed by atoms with Crippen molar-refractivity contribution in [2.45, 2.75) is 32.6 Å². The van der Waals surface area contributed by atoms with Gasteiger partial charge in [-0.3, -0.25) is 0 Å². The number of halogens is 3. The van der Waals surface area contributed by atoms with Gasteiger partial charge in [-0.1, -0.05) is 29.4 Å². The summed E-state index contributed by atoms with van der Waals surface area (Å²) in [6.45, 7) is 3.97. The van der Waals surface area contributed by atoms with Gasteiger partial charge in [0.25, 0.3) is 0 Å². The fourth-order valence-electron chi connectivity index (χ4n) is 1.72. The standard InChI is InChI=1S/C14H15F3N4O2/c1-8(2)19-13(22)18-7-9-3-5-10(6-4-9)11-20-12(23-21-11)14(15,16)17/h3-6,8H,7H2,1-2H3,(H2,18,19,22). The van der Waals surface area contributed by atoms with Crippen LogP contribution < -0.4 is 10.6 Å². The molecule has 0 radical (unpaired) electrons. The molecule has 0 spiro atoms. The van der Waals surface area contributed by atoms with Crippen LogP contribution in [-0.4, -0.2) is 22.2 Å². The van der Waals surface area contributed by atoms with Crippen molar-refractivity contribution < 1.29 is 22.5 Å². The Labute approximate surface area is 130 Å². The van der Waals surface area contributed by atoms with Crippen LogP contribution in [0.2, 0.25) is 0 Å². The highest BCUT2D eigenvalue weighted by Gasteiger charge is 2.38. The molecular formula is C14H15F3N4O2. The Balaban J connectivity index is 1.99. The van der Waals surface area contributed by atoms with Crippen molar-refractivity contribution in [2.75, 3.05) is 0 Å². The molecule has 2 aromatic rings. The van der Waals surface area contributed by atoms with E-state index in [9.17, 15) is 18.0 Å². The quantitative estimate of drug-likeness (QED) is 0.904. The lowest BCUT2D eigenvalue weighted by Crippen LogP contribution is -2.39. The minimum atomic E-state index is -4.67. The van der Waals surface area contributed by atoms with Gasteiger partial charge < -0.3 is 15.2 Å². The van der Waals surface area contributed by atoms with Crippen molar-refractivity contribution in [2.24, 2.45) is 0 Å². The van der Waals surface area contributed by atoms with E-state index in [2.05, 4.69) is 25.3 Å². The molecule has 124 valence electrons. The first-order valence-corrected chi connectivity index (χ1v) is 6.80. The molecule has 0 saturated carbocycles. The summed E-state index contributed by atoms with van der Waals surface area (Å²) in [5, 5.41) is 8.65. The third-order valence-corrected chi connectivity index (χ3v) is 2.75. The van der Waals surface area contributed by atoms with Crippen LogP contribution in [0.25, 0.3) is 11.4 Å². The Morgan fingerprint density at radius 3 is 2.43 bits per heavy atom. The van der Waals surface area contributed by atoms with E-state index in [0.29, 0.717) is 12.1 Å². The average Bonchev–Trinajstić information content (AvgIpc) is 2.95. The molecular weight excluding hydrogens is 313 g/mol. The topological polar surface area (TPSA) is 80.0 Å². The smallest absolute Gasteiger partial charge is 0.336 e. The highest BCUT2D eigenvalue weighted by Crippen LogP contribution is 2.29. The van der Waals surface area contributed by atoms with Crippen LogP contribution in [0.3, 0.4) is 0 Å². The molecule has 1 aromatic carbocycles. The Morgan fingerprint density at radius 1 is 1.26 bits per heavy atom. The molecule has 0 bridgehead atoms. The Bertz CT molecular complexity index is 665. The Morgan fingerprint density at radius 2 is 1.91 bits per heavy atom. The number of nitrogens with zero attached hydrogens (tertiary/aromatic N) is 2. The number of rotatable bonds is 4. The van der Waals surface area contributed by atoms with Crippen LogP contribution in [-0.2, 0) is 12.7 Å². The third-order valence-electron chi connectivity index (χ3n) is 2.75. The van der Waals surface area contributed by atoms with Crippen molar-refractivity contribution in [3.63, 3.8) is 0 Å². The molecule has 23 heavy (non-hydrogen) atoms. The SMILES string of the molecule is CC(C)NC(=O)NCc1ccc(-c2noc(C(F)(F)F)n2)cc1. The number of hydrogen-bond donors (Lipinski definition) is 2. The van der Waals surface area contributed by atoms with Gasteiger partial charge in [0.1, 0.15) is 0 Å². The summed E-state index contributed by atoms with van der Waals surface area (Å²) in [6.07, 6.45) is -4.67. The van der Waals surface area contributed by atoms with Gasteiger partial charge in [-0.15, -0.1) is 0 Å². The molecule has 0 aliphatic rings. The van der Waals surface area contributed by atoms with E-state index in [1.807, 2.05) is 13.8 Å². The van der Waals surface area contributed by atoms with Crippen LogP contribution in [0.15, 0.2) is 28.8 Å². The van der Waals surface area contributed by atoms with Crippen LogP contribution >= 0.6 is 0 Å². The summed E-state index contributed by atoms with van der Waals surface area (Å²) in [7, 11) is 0. The maximum Gasteiger partial charge on any atom is 0.471 e. The molecule has 9 heteroatoms. The Hall–Kier alpha value is -2.58. The van der Waals surface area contributed by atoms with Crippen LogP contribution in [0.5, 0.6) is 0 Å². The number of aromatic nitrogens is 2. The van der Waals surface area contributed by atoms with E-state index in [-0.39, 0.29) is 17.9 Å². The predicted octanol–water partition coefficient (Wildman–Crippen LogP) is 2.96. The summed E-state index contributed by atoms with van der Waals surface area (Å²) in [4.78, 5) is 14.8. The number of benzene rings is 1. The maximum atomic E-state index is 12.4. The van der Waals surface area contributed by atoms with Crippen molar-refractivity contribution in [3.8, 4) is 11.4 Å². The van der Waals surface area contributed by atoms with Gasteiger partial charge in [0.2, 0.25) is 5.82 Å². The number of nitrogens with one attached hydrogen (secondary N) is 2. The van der Waals surface area contributed by atoms with Crippen molar-refractivity contribution >= 4 is 6.03 Å². The van der Waals surface area contributed by atoms with Gasteiger partial charge in [-0.25, -0.2) is 4.79 Å². The van der Waals surface area contributed by atoms with Crippen LogP contribution in [0.4, 0.5) is 18.0 Å². The van der Waals surface area contributed by atoms with E-state index in [4.69, 9.17) is 0 Å². The summed E-state index contributed by atoms with van der Waals surface area (Å²) in [6, 6.07) is 6.17. The first kappa shape index (κ1) is 16.8. The normalized spacial score (nSPS) is 11.6. The zero-order chi connectivity index (χ0) is 17.0. The van der Waals surface area contributed by atoms with Gasteiger partial charge in [0, 0.05) is 18.2 Å². The minimum absolute atomic E-state index is 0.0263. The van der Waals surface area contributed by atoms with Gasteiger partial charge in [-0.2, -0.15) is 18.2 Å². The highest BCUT2D eigenvalue weighted by molar-refractivity contribution is 5.74. The molecule has 0 fully saturated rings. The van der Waals surface area contributed by atoms with E-state index in [0.717, 1.165) is 5.56 Å². The molecule has 6 nitrogen and oxygen atoms in total. The van der Waals surface area contributed by atoms with E-state index in [1.54, 1.807) is 24.3 Å². The fourth-order valence-corrected chi connectivity index (χ4v) is 1.72. The molecule has 0 aliphatic carbocycles. The summed E-state index contributed by atoms with van der Waals surface area (Å²) < 4.78 is 41.4. The van der Waals surface area contributed by atoms with Gasteiger partial charge >= 0.3 is 18.1 Å². The molecule has 0 unspecified atom stereocenters. The second kappa shape index (κ2) is 6.67. The highest BCUT2D eigenvalue weighted by atomic mass is 19.4. The number of urea groups is 1. The van der Waals surface area contributed by atoms with Crippen LogP contribution in [0, 0.1) is 0 Å². The van der Waals surface area contributed by atoms with Crippen LogP contribution in [0.1, 0.15) is 25.3 Å². The lowest BCUT2D eigenvalue weighted by molar-refractivity contribution is -0.159. The maximum absolute atomic E-state index is 12.4. The molecule has 1 heterocycles. The molecule has 2 rings (SSSR count). The summed E-state index contributed by atoms with van der Waals surface area (Å²) in [5.41, 5.74) is 1.17. The zero-order valence-electron chi connectivity index (χ0n) is 12.4. The molecule has 1 aromatic heterocycles. The molecule has 0 atom stereocenters. The van der Waals surface area contributed by atoms with E-state index in [1.165, 1.54) is 0 Å². The lowest BCUT2D eigenvalue weighted by Gasteiger charge is -2.10. The van der Waals surface area contributed by atoms with Crippen molar-refractivity contribution in [1.29, 1.82) is 0 Å². The first-order chi connectivity index (χ1) is 10.8. The van der Waals surface area contributed by atoms with Crippen molar-refractivity contribution in [3.05, 3.63) is 35.7 Å². The number of carbonyl (C=O) groups is 1. The molecule has 0 aliphatic heterocycles. The first-order valence-electron chi connectivity index (χ1n) is 6.80. The van der Waals surface area contributed by atoms with Crippen molar-refractivity contribution in [1.82, 2.24) is 20.8 Å². The van der Waals surface area contributed by atoms with Gasteiger partial charge in [0.05, 0.1) is 0 Å². The van der Waals surface area contributed by atoms with E-state index < -0.39 is 12.1 Å². The zero-order valence-corrected chi connectivity index (χ0v) is 12.4. The van der Waals surface area contributed by atoms with E-state index >= 15 is 0 Å². The lowest BCUT2D eigenvalue weighted by atomic mass is 10.1. The largest absolute Gasteiger partial charge is 0.471 e. The minimum Gasteiger partial charge on any atom is -0.336 e. The third kappa shape index (κ3) is 4.70. The summed E-state index contributed by atoms with van der Waals surface area (Å²) in [5.74, 6) is -1.53. The Kier molecular flexibility index (Phi) is 4.87. The molecule has 2 N–H and O–H groups in total. The molecule has 2 amide bonds. The number of carbonyl (C=O) groups excluding carboxylic acids is 1. The number of hydrogen-bond acceptors (Lipinski definition) is 4.